The second kappa shape index (κ2) is 6.26. The Morgan fingerprint density at radius 1 is 1.29 bits per heavy atom. The summed E-state index contributed by atoms with van der Waals surface area (Å²) in [7, 11) is 0. The highest BCUT2D eigenvalue weighted by Gasteiger charge is 2.17. The highest BCUT2D eigenvalue weighted by molar-refractivity contribution is 9.10. The van der Waals surface area contributed by atoms with Gasteiger partial charge in [0, 0.05) is 10.2 Å². The minimum Gasteiger partial charge on any atom is -0.399 e. The number of benzene rings is 2. The van der Waals surface area contributed by atoms with Crippen molar-refractivity contribution in [3.05, 3.63) is 63.4 Å². The predicted octanol–water partition coefficient (Wildman–Crippen LogP) is 3.97. The van der Waals surface area contributed by atoms with Gasteiger partial charge in [0.15, 0.2) is 0 Å². The Hall–Kier alpha value is -1.88. The standard InChI is InChI=1S/C16H16BrFN2O/c1-9-7-13(19)8-14(15(9)18)16(21)20-10(2)11-3-5-12(17)6-4-11/h3-8,10H,19H2,1-2H3,(H,20,21). The molecule has 1 atom stereocenters. The van der Waals surface area contributed by atoms with Crippen LogP contribution in [0.15, 0.2) is 40.9 Å². The predicted molar refractivity (Wildman–Crippen MR) is 85.6 cm³/mol. The van der Waals surface area contributed by atoms with Gasteiger partial charge in [-0.1, -0.05) is 28.1 Å². The number of halogens is 2. The molecule has 0 aliphatic heterocycles. The van der Waals surface area contributed by atoms with Crippen molar-refractivity contribution in [2.75, 3.05) is 5.73 Å². The number of hydrogen-bond donors (Lipinski definition) is 2. The number of nitrogens with one attached hydrogen (secondary N) is 1. The number of nitrogen functional groups attached to an aromatic ring is 1. The van der Waals surface area contributed by atoms with Gasteiger partial charge in [-0.25, -0.2) is 4.39 Å². The molecule has 3 nitrogen and oxygen atoms in total. The van der Waals surface area contributed by atoms with Gasteiger partial charge in [0.25, 0.3) is 5.91 Å². The van der Waals surface area contributed by atoms with Gasteiger partial charge in [0.1, 0.15) is 5.82 Å². The normalized spacial score (nSPS) is 12.0. The lowest BCUT2D eigenvalue weighted by atomic mass is 10.1. The molecule has 0 heterocycles. The number of amides is 1. The summed E-state index contributed by atoms with van der Waals surface area (Å²) in [6.45, 7) is 3.43. The van der Waals surface area contributed by atoms with E-state index in [9.17, 15) is 9.18 Å². The Kier molecular flexibility index (Phi) is 4.63. The van der Waals surface area contributed by atoms with E-state index in [1.165, 1.54) is 12.1 Å². The molecule has 0 fully saturated rings. The van der Waals surface area contributed by atoms with Crippen LogP contribution >= 0.6 is 15.9 Å². The van der Waals surface area contributed by atoms with Crippen LogP contribution in [-0.2, 0) is 0 Å². The number of carbonyl (C=O) groups excluding carboxylic acids is 1. The van der Waals surface area contributed by atoms with E-state index in [-0.39, 0.29) is 11.6 Å². The van der Waals surface area contributed by atoms with Crippen molar-refractivity contribution < 1.29 is 9.18 Å². The van der Waals surface area contributed by atoms with Crippen LogP contribution in [0.4, 0.5) is 10.1 Å². The molecule has 5 heteroatoms. The number of rotatable bonds is 3. The minimum absolute atomic E-state index is 0.0311. The molecular formula is C16H16BrFN2O. The first kappa shape index (κ1) is 15.5. The summed E-state index contributed by atoms with van der Waals surface area (Å²) in [5.41, 5.74) is 7.31. The second-order valence-corrected chi connectivity index (χ2v) is 5.86. The molecule has 2 aromatic carbocycles. The van der Waals surface area contributed by atoms with Crippen LogP contribution in [-0.4, -0.2) is 5.91 Å². The van der Waals surface area contributed by atoms with Crippen LogP contribution in [0.3, 0.4) is 0 Å². The number of anilines is 1. The number of carbonyl (C=O) groups is 1. The fourth-order valence-electron chi connectivity index (χ4n) is 2.07. The Balaban J connectivity index is 2.20. The molecule has 0 saturated carbocycles. The van der Waals surface area contributed by atoms with Crippen LogP contribution < -0.4 is 11.1 Å². The van der Waals surface area contributed by atoms with Crippen LogP contribution in [0.5, 0.6) is 0 Å². The van der Waals surface area contributed by atoms with E-state index >= 15 is 0 Å². The molecule has 0 aromatic heterocycles. The molecule has 1 unspecified atom stereocenters. The highest BCUT2D eigenvalue weighted by atomic mass is 79.9. The molecule has 0 bridgehead atoms. The molecule has 0 spiro atoms. The van der Waals surface area contributed by atoms with Gasteiger partial charge < -0.3 is 11.1 Å². The Morgan fingerprint density at radius 2 is 1.90 bits per heavy atom. The molecule has 3 N–H and O–H groups in total. The SMILES string of the molecule is Cc1cc(N)cc(C(=O)NC(C)c2ccc(Br)cc2)c1F. The first-order chi connectivity index (χ1) is 9.88. The lowest BCUT2D eigenvalue weighted by Crippen LogP contribution is -2.27. The van der Waals surface area contributed by atoms with Crippen molar-refractivity contribution in [1.82, 2.24) is 5.32 Å². The Labute approximate surface area is 131 Å². The van der Waals surface area contributed by atoms with Gasteiger partial charge in [-0.05, 0) is 49.2 Å². The van der Waals surface area contributed by atoms with E-state index in [1.54, 1.807) is 6.92 Å². The summed E-state index contributed by atoms with van der Waals surface area (Å²) in [6, 6.07) is 10.2. The summed E-state index contributed by atoms with van der Waals surface area (Å²) < 4.78 is 15.0. The van der Waals surface area contributed by atoms with Crippen molar-refractivity contribution in [1.29, 1.82) is 0 Å². The second-order valence-electron chi connectivity index (χ2n) is 4.95. The average Bonchev–Trinajstić information content (AvgIpc) is 2.43. The van der Waals surface area contributed by atoms with Gasteiger partial charge in [0.2, 0.25) is 0 Å². The zero-order valence-corrected chi connectivity index (χ0v) is 13.4. The third-order valence-electron chi connectivity index (χ3n) is 3.24. The Bertz CT molecular complexity index is 671. The van der Waals surface area contributed by atoms with E-state index in [0.29, 0.717) is 11.3 Å². The van der Waals surface area contributed by atoms with E-state index in [1.807, 2.05) is 31.2 Å². The smallest absolute Gasteiger partial charge is 0.254 e. The zero-order valence-electron chi connectivity index (χ0n) is 11.8. The third-order valence-corrected chi connectivity index (χ3v) is 3.77. The largest absolute Gasteiger partial charge is 0.399 e. The first-order valence-corrected chi connectivity index (χ1v) is 7.29. The zero-order chi connectivity index (χ0) is 15.6. The van der Waals surface area contributed by atoms with E-state index in [4.69, 9.17) is 5.73 Å². The van der Waals surface area contributed by atoms with Crippen LogP contribution in [0.2, 0.25) is 0 Å². The number of hydrogen-bond acceptors (Lipinski definition) is 2. The fourth-order valence-corrected chi connectivity index (χ4v) is 2.34. The summed E-state index contributed by atoms with van der Waals surface area (Å²) in [5, 5.41) is 2.78. The van der Waals surface area contributed by atoms with Crippen molar-refractivity contribution in [3.63, 3.8) is 0 Å². The summed E-state index contributed by atoms with van der Waals surface area (Å²) in [4.78, 5) is 12.2. The van der Waals surface area contributed by atoms with Crippen molar-refractivity contribution >= 4 is 27.5 Å². The van der Waals surface area contributed by atoms with Crippen LogP contribution in [0, 0.1) is 12.7 Å². The topological polar surface area (TPSA) is 55.1 Å². The van der Waals surface area contributed by atoms with E-state index in [2.05, 4.69) is 21.2 Å². The number of nitrogens with two attached hydrogens (primary N) is 1. The minimum atomic E-state index is -0.537. The number of aryl methyl sites for hydroxylation is 1. The van der Waals surface area contributed by atoms with Gasteiger partial charge in [-0.3, -0.25) is 4.79 Å². The molecule has 110 valence electrons. The molecule has 2 aromatic rings. The molecule has 1 amide bonds. The van der Waals surface area contributed by atoms with Gasteiger partial charge in [-0.2, -0.15) is 0 Å². The van der Waals surface area contributed by atoms with Crippen molar-refractivity contribution in [2.24, 2.45) is 0 Å². The maximum Gasteiger partial charge on any atom is 0.254 e. The monoisotopic (exact) mass is 350 g/mol. The molecule has 2 rings (SSSR count). The highest BCUT2D eigenvalue weighted by Crippen LogP contribution is 2.20. The van der Waals surface area contributed by atoms with Gasteiger partial charge >= 0.3 is 0 Å². The maximum atomic E-state index is 14.0. The van der Waals surface area contributed by atoms with Gasteiger partial charge in [-0.15, -0.1) is 0 Å². The molecule has 21 heavy (non-hydrogen) atoms. The molecule has 0 radical (unpaired) electrons. The van der Waals surface area contributed by atoms with E-state index < -0.39 is 11.7 Å². The molecule has 0 aliphatic carbocycles. The maximum absolute atomic E-state index is 14.0. The summed E-state index contributed by atoms with van der Waals surface area (Å²) >= 11 is 3.36. The lowest BCUT2D eigenvalue weighted by Gasteiger charge is -2.15. The van der Waals surface area contributed by atoms with E-state index in [0.717, 1.165) is 10.0 Å². The average molecular weight is 351 g/mol. The lowest BCUT2D eigenvalue weighted by molar-refractivity contribution is 0.0935. The third kappa shape index (κ3) is 3.61. The molecule has 0 saturated heterocycles. The van der Waals surface area contributed by atoms with Crippen molar-refractivity contribution in [3.8, 4) is 0 Å². The van der Waals surface area contributed by atoms with Crippen LogP contribution in [0.25, 0.3) is 0 Å². The summed E-state index contributed by atoms with van der Waals surface area (Å²) in [5.74, 6) is -1.01. The quantitative estimate of drug-likeness (QED) is 0.823. The van der Waals surface area contributed by atoms with Crippen molar-refractivity contribution in [2.45, 2.75) is 19.9 Å². The van der Waals surface area contributed by atoms with Gasteiger partial charge in [0.05, 0.1) is 11.6 Å². The molecule has 0 aliphatic rings. The Morgan fingerprint density at radius 3 is 2.52 bits per heavy atom. The molecular weight excluding hydrogens is 335 g/mol. The summed E-state index contributed by atoms with van der Waals surface area (Å²) in [6.07, 6.45) is 0. The van der Waals surface area contributed by atoms with Crippen LogP contribution in [0.1, 0.15) is 34.5 Å². The fraction of sp³-hybridized carbons (Fsp3) is 0.188. The first-order valence-electron chi connectivity index (χ1n) is 6.50.